The molecule has 5 heteroatoms. The minimum atomic E-state index is 0.487. The van der Waals surface area contributed by atoms with E-state index in [0.717, 1.165) is 15.6 Å². The van der Waals surface area contributed by atoms with E-state index in [-0.39, 0.29) is 0 Å². The summed E-state index contributed by atoms with van der Waals surface area (Å²) in [5.41, 5.74) is 1.71. The molecule has 1 heterocycles. The number of hydrogen-bond donors (Lipinski definition) is 0. The van der Waals surface area contributed by atoms with Crippen LogP contribution in [-0.4, -0.2) is 20.4 Å². The average molecular weight is 329 g/mol. The molecule has 0 radical (unpaired) electrons. The first-order valence-electron chi connectivity index (χ1n) is 6.04. The van der Waals surface area contributed by atoms with Crippen LogP contribution in [0.15, 0.2) is 59.6 Å². The van der Waals surface area contributed by atoms with Gasteiger partial charge in [0.1, 0.15) is 0 Å². The molecule has 100 valence electrons. The summed E-state index contributed by atoms with van der Waals surface area (Å²) in [7, 11) is 0. The first-order valence-corrected chi connectivity index (χ1v) is 6.83. The van der Waals surface area contributed by atoms with Crippen molar-refractivity contribution in [3.8, 4) is 11.4 Å². The van der Waals surface area contributed by atoms with E-state index in [2.05, 4.69) is 42.9 Å². The van der Waals surface area contributed by atoms with E-state index in [1.165, 1.54) is 0 Å². The van der Waals surface area contributed by atoms with Gasteiger partial charge in [-0.1, -0.05) is 58.9 Å². The van der Waals surface area contributed by atoms with Crippen LogP contribution in [0.1, 0.15) is 12.7 Å². The standard InChI is InChI=1S/C15H13BrN4/c1-3-5-8-11(4-2)14-17-19-15(20-18-14)12-9-6-7-10-13(12)16/h3-10H,1H2,2H3/b8-5-,11-4+. The third-order valence-corrected chi connectivity index (χ3v) is 3.27. The van der Waals surface area contributed by atoms with Crippen molar-refractivity contribution in [1.82, 2.24) is 20.4 Å². The van der Waals surface area contributed by atoms with Crippen LogP contribution in [0.3, 0.4) is 0 Å². The zero-order valence-corrected chi connectivity index (χ0v) is 12.6. The van der Waals surface area contributed by atoms with E-state index in [9.17, 15) is 0 Å². The fraction of sp³-hybridized carbons (Fsp3) is 0.0667. The maximum Gasteiger partial charge on any atom is 0.204 e. The predicted molar refractivity (Wildman–Crippen MR) is 83.7 cm³/mol. The highest BCUT2D eigenvalue weighted by Crippen LogP contribution is 2.24. The fourth-order valence-electron chi connectivity index (χ4n) is 1.57. The summed E-state index contributed by atoms with van der Waals surface area (Å²) in [6.07, 6.45) is 7.28. The lowest BCUT2D eigenvalue weighted by molar-refractivity contribution is 0.845. The van der Waals surface area contributed by atoms with Crippen LogP contribution in [0.5, 0.6) is 0 Å². The van der Waals surface area contributed by atoms with E-state index in [4.69, 9.17) is 0 Å². The number of halogens is 1. The second-order valence-electron chi connectivity index (χ2n) is 3.87. The van der Waals surface area contributed by atoms with Crippen LogP contribution in [-0.2, 0) is 0 Å². The molecule has 0 fully saturated rings. The lowest BCUT2D eigenvalue weighted by Crippen LogP contribution is -2.01. The molecular weight excluding hydrogens is 316 g/mol. The zero-order valence-electron chi connectivity index (χ0n) is 11.0. The Morgan fingerprint density at radius 1 is 1.15 bits per heavy atom. The summed E-state index contributed by atoms with van der Waals surface area (Å²) in [5, 5.41) is 16.5. The van der Waals surface area contributed by atoms with E-state index in [1.54, 1.807) is 6.08 Å². The van der Waals surface area contributed by atoms with E-state index >= 15 is 0 Å². The minimum Gasteiger partial charge on any atom is -0.126 e. The molecule has 2 rings (SSSR count). The van der Waals surface area contributed by atoms with Gasteiger partial charge in [-0.25, -0.2) is 0 Å². The monoisotopic (exact) mass is 328 g/mol. The van der Waals surface area contributed by atoms with Crippen LogP contribution >= 0.6 is 15.9 Å². The van der Waals surface area contributed by atoms with Crippen molar-refractivity contribution in [2.24, 2.45) is 0 Å². The lowest BCUT2D eigenvalue weighted by Gasteiger charge is -2.02. The van der Waals surface area contributed by atoms with E-state index in [1.807, 2.05) is 49.4 Å². The number of nitrogens with zero attached hydrogens (tertiary/aromatic N) is 4. The van der Waals surface area contributed by atoms with Crippen LogP contribution in [0.25, 0.3) is 17.0 Å². The second kappa shape index (κ2) is 6.86. The topological polar surface area (TPSA) is 51.6 Å². The molecule has 0 atom stereocenters. The molecule has 0 spiro atoms. The first-order chi connectivity index (χ1) is 9.76. The van der Waals surface area contributed by atoms with Gasteiger partial charge in [-0.15, -0.1) is 20.4 Å². The Morgan fingerprint density at radius 3 is 2.45 bits per heavy atom. The van der Waals surface area contributed by atoms with Crippen molar-refractivity contribution in [3.05, 3.63) is 65.4 Å². The van der Waals surface area contributed by atoms with Gasteiger partial charge in [-0.05, 0) is 19.1 Å². The molecular formula is C15H13BrN4. The molecule has 0 N–H and O–H groups in total. The summed E-state index contributed by atoms with van der Waals surface area (Å²) in [6.45, 7) is 5.54. The minimum absolute atomic E-state index is 0.487. The third-order valence-electron chi connectivity index (χ3n) is 2.57. The normalized spacial score (nSPS) is 11.8. The summed E-state index contributed by atoms with van der Waals surface area (Å²) in [5.74, 6) is 0.978. The van der Waals surface area contributed by atoms with Crippen molar-refractivity contribution in [2.45, 2.75) is 6.92 Å². The number of rotatable bonds is 4. The maximum atomic E-state index is 4.13. The van der Waals surface area contributed by atoms with Gasteiger partial charge in [0.25, 0.3) is 0 Å². The summed E-state index contributed by atoms with van der Waals surface area (Å²) in [6, 6.07) is 7.69. The molecule has 0 unspecified atom stereocenters. The number of benzene rings is 1. The molecule has 1 aromatic carbocycles. The van der Waals surface area contributed by atoms with Gasteiger partial charge in [0.15, 0.2) is 0 Å². The van der Waals surface area contributed by atoms with Crippen molar-refractivity contribution in [1.29, 1.82) is 0 Å². The van der Waals surface area contributed by atoms with Gasteiger partial charge in [-0.2, -0.15) is 0 Å². The Kier molecular flexibility index (Phi) is 4.90. The summed E-state index contributed by atoms with van der Waals surface area (Å²) >= 11 is 3.46. The Labute approximate surface area is 126 Å². The van der Waals surface area contributed by atoms with Crippen LogP contribution in [0, 0.1) is 0 Å². The lowest BCUT2D eigenvalue weighted by atomic mass is 10.2. The highest BCUT2D eigenvalue weighted by atomic mass is 79.9. The number of aromatic nitrogens is 4. The highest BCUT2D eigenvalue weighted by molar-refractivity contribution is 9.10. The van der Waals surface area contributed by atoms with Gasteiger partial charge in [0.2, 0.25) is 11.6 Å². The second-order valence-corrected chi connectivity index (χ2v) is 4.72. The molecule has 2 aromatic rings. The van der Waals surface area contributed by atoms with Crippen LogP contribution < -0.4 is 0 Å². The predicted octanol–water partition coefficient (Wildman–Crippen LogP) is 3.84. The smallest absolute Gasteiger partial charge is 0.126 e. The molecule has 0 aliphatic carbocycles. The van der Waals surface area contributed by atoms with Crippen LogP contribution in [0.4, 0.5) is 0 Å². The molecule has 20 heavy (non-hydrogen) atoms. The molecule has 0 saturated carbocycles. The summed E-state index contributed by atoms with van der Waals surface area (Å²) < 4.78 is 0.911. The SMILES string of the molecule is C=C/C=C\C(=C/C)c1nnc(-c2ccccc2Br)nn1. The van der Waals surface area contributed by atoms with Crippen molar-refractivity contribution in [2.75, 3.05) is 0 Å². The Hall–Kier alpha value is -2.14. The molecule has 0 amide bonds. The average Bonchev–Trinajstić information content (AvgIpc) is 2.49. The molecule has 0 bridgehead atoms. The van der Waals surface area contributed by atoms with Gasteiger partial charge >= 0.3 is 0 Å². The van der Waals surface area contributed by atoms with Gasteiger partial charge in [0, 0.05) is 15.6 Å². The number of hydrogen-bond acceptors (Lipinski definition) is 4. The van der Waals surface area contributed by atoms with E-state index < -0.39 is 0 Å². The molecule has 4 nitrogen and oxygen atoms in total. The van der Waals surface area contributed by atoms with Crippen molar-refractivity contribution >= 4 is 21.5 Å². The van der Waals surface area contributed by atoms with Gasteiger partial charge in [-0.3, -0.25) is 0 Å². The molecule has 0 saturated heterocycles. The quantitative estimate of drug-likeness (QED) is 0.800. The van der Waals surface area contributed by atoms with Gasteiger partial charge < -0.3 is 0 Å². The third kappa shape index (κ3) is 3.24. The van der Waals surface area contributed by atoms with Crippen LogP contribution in [0.2, 0.25) is 0 Å². The summed E-state index contributed by atoms with van der Waals surface area (Å²) in [4.78, 5) is 0. The van der Waals surface area contributed by atoms with E-state index in [0.29, 0.717) is 11.6 Å². The van der Waals surface area contributed by atoms with Crippen molar-refractivity contribution in [3.63, 3.8) is 0 Å². The molecule has 0 aliphatic rings. The maximum absolute atomic E-state index is 4.13. The highest BCUT2D eigenvalue weighted by Gasteiger charge is 2.08. The fourth-order valence-corrected chi connectivity index (χ4v) is 2.03. The largest absolute Gasteiger partial charge is 0.204 e. The zero-order chi connectivity index (χ0) is 14.4. The number of allylic oxidation sites excluding steroid dienone is 5. The Balaban J connectivity index is 2.33. The molecule has 1 aromatic heterocycles. The molecule has 0 aliphatic heterocycles. The Morgan fingerprint density at radius 2 is 1.85 bits per heavy atom. The first kappa shape index (κ1) is 14.3. The van der Waals surface area contributed by atoms with Gasteiger partial charge in [0.05, 0.1) is 0 Å². The Bertz CT molecular complexity index is 660. The van der Waals surface area contributed by atoms with Crippen molar-refractivity contribution < 1.29 is 0 Å².